The largest absolute Gasteiger partial charge is 0.493 e. The molecule has 0 bridgehead atoms. The van der Waals surface area contributed by atoms with Gasteiger partial charge in [0.2, 0.25) is 5.91 Å². The van der Waals surface area contributed by atoms with Gasteiger partial charge in [0.25, 0.3) is 0 Å². The van der Waals surface area contributed by atoms with Crippen molar-refractivity contribution >= 4 is 17.2 Å². The monoisotopic (exact) mass is 464 g/mol. The fourth-order valence-electron chi connectivity index (χ4n) is 4.38. The highest BCUT2D eigenvalue weighted by atomic mass is 32.1. The van der Waals surface area contributed by atoms with Crippen LogP contribution in [0.4, 0.5) is 0 Å². The maximum atomic E-state index is 13.2. The minimum absolute atomic E-state index is 0.197. The molecule has 1 aromatic carbocycles. The molecule has 6 heteroatoms. The SMILES string of the molecule is COc1cc(CN(Cc2ccccn2)C(=O)CC2CCCC2)ccc1OCCc1cccs1. The normalized spacial score (nSPS) is 13.7. The molecule has 1 aliphatic carbocycles. The van der Waals surface area contributed by atoms with Crippen molar-refractivity contribution in [2.45, 2.75) is 51.6 Å². The van der Waals surface area contributed by atoms with Crippen molar-refractivity contribution < 1.29 is 14.3 Å². The molecule has 3 aromatic rings. The molecule has 2 aromatic heterocycles. The van der Waals surface area contributed by atoms with E-state index in [1.165, 1.54) is 17.7 Å². The molecule has 1 amide bonds. The van der Waals surface area contributed by atoms with Gasteiger partial charge in [0.05, 0.1) is 26.0 Å². The van der Waals surface area contributed by atoms with Crippen LogP contribution in [0.2, 0.25) is 0 Å². The lowest BCUT2D eigenvalue weighted by molar-refractivity contribution is -0.133. The van der Waals surface area contributed by atoms with E-state index >= 15 is 0 Å². The maximum absolute atomic E-state index is 13.2. The molecule has 0 N–H and O–H groups in total. The van der Waals surface area contributed by atoms with E-state index in [0.717, 1.165) is 36.3 Å². The average molecular weight is 465 g/mol. The Kier molecular flexibility index (Phi) is 8.36. The molecule has 0 spiro atoms. The maximum Gasteiger partial charge on any atom is 0.223 e. The number of pyridine rings is 1. The molecule has 1 fully saturated rings. The minimum atomic E-state index is 0.197. The number of rotatable bonds is 11. The second-order valence-electron chi connectivity index (χ2n) is 8.59. The third-order valence-corrected chi connectivity index (χ3v) is 7.09. The van der Waals surface area contributed by atoms with Crippen LogP contribution >= 0.6 is 11.3 Å². The molecule has 0 aliphatic heterocycles. The van der Waals surface area contributed by atoms with Crippen LogP contribution < -0.4 is 9.47 Å². The Hall–Kier alpha value is -2.86. The smallest absolute Gasteiger partial charge is 0.223 e. The van der Waals surface area contributed by atoms with Crippen molar-refractivity contribution in [2.24, 2.45) is 5.92 Å². The van der Waals surface area contributed by atoms with Crippen molar-refractivity contribution in [3.8, 4) is 11.5 Å². The quantitative estimate of drug-likeness (QED) is 0.355. The summed E-state index contributed by atoms with van der Waals surface area (Å²) < 4.78 is 11.6. The Morgan fingerprint density at radius 1 is 1.09 bits per heavy atom. The number of hydrogen-bond donors (Lipinski definition) is 0. The summed E-state index contributed by atoms with van der Waals surface area (Å²) in [7, 11) is 1.65. The van der Waals surface area contributed by atoms with Crippen LogP contribution in [-0.2, 0) is 24.3 Å². The molecular weight excluding hydrogens is 432 g/mol. The molecule has 0 radical (unpaired) electrons. The van der Waals surface area contributed by atoms with Gasteiger partial charge in [-0.25, -0.2) is 0 Å². The number of amides is 1. The van der Waals surface area contributed by atoms with Gasteiger partial charge in [-0.15, -0.1) is 11.3 Å². The predicted octanol–water partition coefficient (Wildman–Crippen LogP) is 5.88. The average Bonchev–Trinajstić information content (AvgIpc) is 3.54. The van der Waals surface area contributed by atoms with Crippen LogP contribution in [0.3, 0.4) is 0 Å². The van der Waals surface area contributed by atoms with Crippen LogP contribution in [0.1, 0.15) is 48.2 Å². The lowest BCUT2D eigenvalue weighted by atomic mass is 10.0. The number of hydrogen-bond acceptors (Lipinski definition) is 5. The Bertz CT molecular complexity index is 1000. The number of benzene rings is 1. The van der Waals surface area contributed by atoms with Gasteiger partial charge < -0.3 is 14.4 Å². The van der Waals surface area contributed by atoms with E-state index in [0.29, 0.717) is 37.8 Å². The highest BCUT2D eigenvalue weighted by molar-refractivity contribution is 7.09. The van der Waals surface area contributed by atoms with Gasteiger partial charge in [-0.3, -0.25) is 9.78 Å². The number of thiophene rings is 1. The van der Waals surface area contributed by atoms with Crippen molar-refractivity contribution in [3.05, 3.63) is 76.2 Å². The molecular formula is C27H32N2O3S. The molecule has 0 atom stereocenters. The van der Waals surface area contributed by atoms with Crippen molar-refractivity contribution in [2.75, 3.05) is 13.7 Å². The van der Waals surface area contributed by atoms with Crippen LogP contribution in [0.15, 0.2) is 60.1 Å². The summed E-state index contributed by atoms with van der Waals surface area (Å²) in [4.78, 5) is 20.9. The molecule has 0 saturated heterocycles. The summed E-state index contributed by atoms with van der Waals surface area (Å²) in [5.41, 5.74) is 1.92. The summed E-state index contributed by atoms with van der Waals surface area (Å²) in [6.07, 6.45) is 8.07. The number of methoxy groups -OCH3 is 1. The number of aromatic nitrogens is 1. The van der Waals surface area contributed by atoms with Gasteiger partial charge in [0, 0.05) is 30.5 Å². The van der Waals surface area contributed by atoms with Crippen LogP contribution in [-0.4, -0.2) is 29.5 Å². The van der Waals surface area contributed by atoms with Crippen LogP contribution in [0.25, 0.3) is 0 Å². The Morgan fingerprint density at radius 3 is 2.70 bits per heavy atom. The first-order valence-corrected chi connectivity index (χ1v) is 12.6. The van der Waals surface area contributed by atoms with E-state index in [9.17, 15) is 4.79 Å². The molecule has 1 aliphatic rings. The van der Waals surface area contributed by atoms with Gasteiger partial charge in [-0.05, 0) is 60.0 Å². The zero-order valence-electron chi connectivity index (χ0n) is 19.2. The Balaban J connectivity index is 1.43. The first-order valence-electron chi connectivity index (χ1n) is 11.7. The van der Waals surface area contributed by atoms with E-state index in [-0.39, 0.29) is 5.91 Å². The number of carbonyl (C=O) groups excluding carboxylic acids is 1. The Labute approximate surface area is 200 Å². The molecule has 5 nitrogen and oxygen atoms in total. The highest BCUT2D eigenvalue weighted by Gasteiger charge is 2.23. The topological polar surface area (TPSA) is 51.7 Å². The van der Waals surface area contributed by atoms with Crippen molar-refractivity contribution in [1.29, 1.82) is 0 Å². The van der Waals surface area contributed by atoms with Gasteiger partial charge in [0.1, 0.15) is 0 Å². The van der Waals surface area contributed by atoms with Crippen LogP contribution in [0.5, 0.6) is 11.5 Å². The van der Waals surface area contributed by atoms with Gasteiger partial charge in [0.15, 0.2) is 11.5 Å². The molecule has 174 valence electrons. The van der Waals surface area contributed by atoms with E-state index in [1.807, 2.05) is 41.3 Å². The zero-order chi connectivity index (χ0) is 22.9. The summed E-state index contributed by atoms with van der Waals surface area (Å²) in [6.45, 7) is 1.63. The summed E-state index contributed by atoms with van der Waals surface area (Å²) >= 11 is 1.74. The molecule has 0 unspecified atom stereocenters. The second-order valence-corrected chi connectivity index (χ2v) is 9.62. The third-order valence-electron chi connectivity index (χ3n) is 6.16. The third kappa shape index (κ3) is 6.81. The first kappa shape index (κ1) is 23.3. The van der Waals surface area contributed by atoms with E-state index in [4.69, 9.17) is 9.47 Å². The first-order chi connectivity index (χ1) is 16.2. The number of ether oxygens (including phenoxy) is 2. The fourth-order valence-corrected chi connectivity index (χ4v) is 5.07. The second kappa shape index (κ2) is 11.8. The van der Waals surface area contributed by atoms with E-state index in [2.05, 4.69) is 22.5 Å². The Morgan fingerprint density at radius 2 is 1.97 bits per heavy atom. The van der Waals surface area contributed by atoms with Gasteiger partial charge in [-0.1, -0.05) is 31.0 Å². The van der Waals surface area contributed by atoms with E-state index in [1.54, 1.807) is 24.6 Å². The van der Waals surface area contributed by atoms with E-state index < -0.39 is 0 Å². The standard InChI is InChI=1S/C27H32N2O3S/c1-31-26-17-22(11-12-25(26)32-15-13-24-10-6-16-33-24)19-29(20-23-9-4-5-14-28-23)27(30)18-21-7-2-3-8-21/h4-6,9-12,14,16-17,21H,2-3,7-8,13,15,18-20H2,1H3. The molecule has 33 heavy (non-hydrogen) atoms. The summed E-state index contributed by atoms with van der Waals surface area (Å²) in [5, 5.41) is 2.08. The predicted molar refractivity (Wildman–Crippen MR) is 132 cm³/mol. The molecule has 4 rings (SSSR count). The lowest BCUT2D eigenvalue weighted by Crippen LogP contribution is -2.31. The van der Waals surface area contributed by atoms with Gasteiger partial charge in [-0.2, -0.15) is 0 Å². The molecule has 2 heterocycles. The fraction of sp³-hybridized carbons (Fsp3) is 0.407. The minimum Gasteiger partial charge on any atom is -0.493 e. The van der Waals surface area contributed by atoms with Crippen molar-refractivity contribution in [1.82, 2.24) is 9.88 Å². The number of carbonyl (C=O) groups is 1. The summed E-state index contributed by atoms with van der Waals surface area (Å²) in [5.74, 6) is 2.13. The lowest BCUT2D eigenvalue weighted by Gasteiger charge is -2.24. The zero-order valence-corrected chi connectivity index (χ0v) is 20.1. The van der Waals surface area contributed by atoms with Crippen molar-refractivity contribution in [3.63, 3.8) is 0 Å². The highest BCUT2D eigenvalue weighted by Crippen LogP contribution is 2.31. The summed E-state index contributed by atoms with van der Waals surface area (Å²) in [6, 6.07) is 16.0. The van der Waals surface area contributed by atoms with Crippen LogP contribution in [0, 0.1) is 5.92 Å². The number of nitrogens with zero attached hydrogens (tertiary/aromatic N) is 2. The van der Waals surface area contributed by atoms with Gasteiger partial charge >= 0.3 is 0 Å². The molecule has 1 saturated carbocycles.